The van der Waals surface area contributed by atoms with Gasteiger partial charge in [-0.1, -0.05) is 6.07 Å². The number of likely N-dealkylation sites (N-methyl/N-ethyl adjacent to an activating group) is 1. The quantitative estimate of drug-likeness (QED) is 0.114. The summed E-state index contributed by atoms with van der Waals surface area (Å²) in [7, 11) is 1.75. The van der Waals surface area contributed by atoms with Crippen molar-refractivity contribution in [1.82, 2.24) is 19.4 Å². The molecule has 2 aromatic carbocycles. The Morgan fingerprint density at radius 1 is 1.05 bits per heavy atom. The largest absolute Gasteiger partial charge is 0.370 e. The molecule has 0 radical (unpaired) electrons. The molecule has 0 unspecified atom stereocenters. The number of carbonyl (C=O) groups is 3. The fourth-order valence-electron chi connectivity index (χ4n) is 4.70. The molecule has 1 atom stereocenters. The minimum atomic E-state index is -0.753. The van der Waals surface area contributed by atoms with Gasteiger partial charge < -0.3 is 32.0 Å². The van der Waals surface area contributed by atoms with Crippen LogP contribution in [0.15, 0.2) is 71.9 Å². The van der Waals surface area contributed by atoms with E-state index in [1.807, 2.05) is 18.2 Å². The van der Waals surface area contributed by atoms with Crippen LogP contribution in [-0.4, -0.2) is 63.3 Å². The number of amides is 3. The van der Waals surface area contributed by atoms with Gasteiger partial charge in [-0.05, 0) is 67.4 Å². The molecule has 4 aromatic rings. The number of nitrogens with one attached hydrogen (secondary N) is 1. The molecule has 0 fully saturated rings. The molecule has 42 heavy (non-hydrogen) atoms. The number of nitrogens with two attached hydrogens (primary N) is 3. The van der Waals surface area contributed by atoms with Crippen molar-refractivity contribution in [2.24, 2.45) is 22.2 Å². The number of aromatic nitrogens is 3. The molecule has 12 nitrogen and oxygen atoms in total. The summed E-state index contributed by atoms with van der Waals surface area (Å²) in [6.07, 6.45) is 3.22. The fourth-order valence-corrected chi connectivity index (χ4v) is 4.70. The monoisotopic (exact) mass is 569 g/mol. The summed E-state index contributed by atoms with van der Waals surface area (Å²) in [6, 6.07) is 17.3. The van der Waals surface area contributed by atoms with Crippen LogP contribution in [0.1, 0.15) is 41.9 Å². The minimum absolute atomic E-state index is 0.0270. The fraction of sp³-hybridized carbons (Fsp3) is 0.267. The first-order valence-corrected chi connectivity index (χ1v) is 13.5. The SMILES string of the molecule is CC(=O)Nc1ccc(-c2nc3cc(C(=O)N(C)CCc4ccccn4)ccc3n2[C@@H](CCCN=C(N)N)C(N)=O)cc1. The third-order valence-electron chi connectivity index (χ3n) is 6.75. The molecule has 0 bridgehead atoms. The van der Waals surface area contributed by atoms with E-state index >= 15 is 0 Å². The van der Waals surface area contributed by atoms with E-state index in [0.29, 0.717) is 66.0 Å². The number of aliphatic imine (C=N–C) groups is 1. The third-order valence-corrected chi connectivity index (χ3v) is 6.75. The molecule has 2 heterocycles. The molecule has 0 saturated carbocycles. The van der Waals surface area contributed by atoms with Crippen molar-refractivity contribution in [3.8, 4) is 11.4 Å². The Bertz CT molecular complexity index is 1590. The highest BCUT2D eigenvalue weighted by molar-refractivity contribution is 5.98. The van der Waals surface area contributed by atoms with E-state index in [1.165, 1.54) is 6.92 Å². The van der Waals surface area contributed by atoms with E-state index in [9.17, 15) is 14.4 Å². The van der Waals surface area contributed by atoms with Gasteiger partial charge in [-0.2, -0.15) is 0 Å². The Morgan fingerprint density at radius 3 is 2.45 bits per heavy atom. The average Bonchev–Trinajstić information content (AvgIpc) is 3.34. The number of hydrogen-bond acceptors (Lipinski definition) is 6. The normalized spacial score (nSPS) is 11.6. The summed E-state index contributed by atoms with van der Waals surface area (Å²) in [5.74, 6) is -0.414. The summed E-state index contributed by atoms with van der Waals surface area (Å²) in [6.45, 7) is 2.26. The van der Waals surface area contributed by atoms with Crippen LogP contribution in [0.3, 0.4) is 0 Å². The molecule has 0 spiro atoms. The van der Waals surface area contributed by atoms with Gasteiger partial charge in [-0.3, -0.25) is 24.4 Å². The van der Waals surface area contributed by atoms with Gasteiger partial charge in [0.1, 0.15) is 11.9 Å². The van der Waals surface area contributed by atoms with Gasteiger partial charge in [-0.15, -0.1) is 0 Å². The number of carbonyl (C=O) groups excluding carboxylic acids is 3. The van der Waals surface area contributed by atoms with E-state index in [4.69, 9.17) is 22.2 Å². The number of pyridine rings is 1. The molecule has 2 aromatic heterocycles. The van der Waals surface area contributed by atoms with Gasteiger partial charge in [-0.25, -0.2) is 4.98 Å². The van der Waals surface area contributed by atoms with Crippen LogP contribution in [-0.2, 0) is 16.0 Å². The number of rotatable bonds is 12. The highest BCUT2D eigenvalue weighted by atomic mass is 16.2. The molecule has 3 amide bonds. The van der Waals surface area contributed by atoms with E-state index in [2.05, 4.69) is 15.3 Å². The number of fused-ring (bicyclic) bond motifs is 1. The average molecular weight is 570 g/mol. The van der Waals surface area contributed by atoms with E-state index < -0.39 is 11.9 Å². The smallest absolute Gasteiger partial charge is 0.253 e. The number of guanidine groups is 1. The van der Waals surface area contributed by atoms with Gasteiger partial charge in [0.25, 0.3) is 5.91 Å². The van der Waals surface area contributed by atoms with E-state index in [-0.39, 0.29) is 17.8 Å². The van der Waals surface area contributed by atoms with E-state index in [0.717, 1.165) is 5.69 Å². The Morgan fingerprint density at radius 2 is 1.81 bits per heavy atom. The van der Waals surface area contributed by atoms with Crippen molar-refractivity contribution in [3.05, 3.63) is 78.1 Å². The lowest BCUT2D eigenvalue weighted by Crippen LogP contribution is -2.29. The van der Waals surface area contributed by atoms with Crippen LogP contribution >= 0.6 is 0 Å². The second-order valence-electron chi connectivity index (χ2n) is 9.93. The zero-order valence-electron chi connectivity index (χ0n) is 23.7. The van der Waals surface area contributed by atoms with Crippen molar-refractivity contribution in [1.29, 1.82) is 0 Å². The van der Waals surface area contributed by atoms with Crippen LogP contribution in [0.25, 0.3) is 22.4 Å². The summed E-state index contributed by atoms with van der Waals surface area (Å²) in [5.41, 5.74) is 20.7. The molecule has 0 aliphatic rings. The number of nitrogens with zero attached hydrogens (tertiary/aromatic N) is 5. The van der Waals surface area contributed by atoms with Crippen LogP contribution in [0, 0.1) is 0 Å². The van der Waals surface area contributed by atoms with Gasteiger partial charge >= 0.3 is 0 Å². The molecular weight excluding hydrogens is 534 g/mol. The molecule has 12 heteroatoms. The molecule has 218 valence electrons. The summed E-state index contributed by atoms with van der Waals surface area (Å²) >= 11 is 0. The lowest BCUT2D eigenvalue weighted by molar-refractivity contribution is -0.121. The number of primary amides is 1. The molecule has 0 aliphatic carbocycles. The minimum Gasteiger partial charge on any atom is -0.370 e. The number of benzene rings is 2. The van der Waals surface area contributed by atoms with Crippen LogP contribution in [0.5, 0.6) is 0 Å². The Balaban J connectivity index is 1.70. The maximum Gasteiger partial charge on any atom is 0.253 e. The molecule has 4 rings (SSSR count). The van der Waals surface area contributed by atoms with Crippen molar-refractivity contribution < 1.29 is 14.4 Å². The predicted octanol–water partition coefficient (Wildman–Crippen LogP) is 2.45. The summed E-state index contributed by atoms with van der Waals surface area (Å²) in [4.78, 5) is 52.4. The van der Waals surface area contributed by atoms with Gasteiger partial charge in [0, 0.05) is 62.2 Å². The van der Waals surface area contributed by atoms with Gasteiger partial charge in [0.05, 0.1) is 11.0 Å². The Hall–Kier alpha value is -5.26. The number of anilines is 1. The Kier molecular flexibility index (Phi) is 9.48. The van der Waals surface area contributed by atoms with E-state index in [1.54, 1.807) is 65.2 Å². The molecular formula is C30H35N9O3. The van der Waals surface area contributed by atoms with Crippen molar-refractivity contribution in [2.45, 2.75) is 32.2 Å². The lowest BCUT2D eigenvalue weighted by Gasteiger charge is -2.19. The maximum atomic E-state index is 13.3. The number of imidazole rings is 1. The first-order valence-electron chi connectivity index (χ1n) is 13.5. The standard InChI is InChI=1S/C30H35N9O3/c1-19(40)36-23-11-8-20(9-12-23)28-37-24-18-21(29(42)38(2)17-14-22-6-3-4-15-34-22)10-13-25(24)39(28)26(27(31)41)7-5-16-35-30(32)33/h3-4,6,8-13,15,18,26H,5,7,14,16-17H2,1-2H3,(H2,31,41)(H,36,40)(H4,32,33,35)/t26-/m0/s1. The van der Waals surface area contributed by atoms with Crippen molar-refractivity contribution in [2.75, 3.05) is 25.5 Å². The van der Waals surface area contributed by atoms with Crippen LogP contribution in [0.4, 0.5) is 5.69 Å². The zero-order chi connectivity index (χ0) is 30.2. The topological polar surface area (TPSA) is 188 Å². The van der Waals surface area contributed by atoms with Crippen LogP contribution in [0.2, 0.25) is 0 Å². The second-order valence-corrected chi connectivity index (χ2v) is 9.93. The van der Waals surface area contributed by atoms with Crippen molar-refractivity contribution in [3.63, 3.8) is 0 Å². The zero-order valence-corrected chi connectivity index (χ0v) is 23.7. The highest BCUT2D eigenvalue weighted by Crippen LogP contribution is 2.32. The second kappa shape index (κ2) is 13.4. The van der Waals surface area contributed by atoms with Crippen LogP contribution < -0.4 is 22.5 Å². The molecule has 7 N–H and O–H groups in total. The van der Waals surface area contributed by atoms with Crippen molar-refractivity contribution >= 4 is 40.4 Å². The molecule has 0 aliphatic heterocycles. The predicted molar refractivity (Wildman–Crippen MR) is 163 cm³/mol. The Labute approximate surface area is 243 Å². The maximum absolute atomic E-state index is 13.3. The third kappa shape index (κ3) is 7.27. The van der Waals surface area contributed by atoms with Gasteiger partial charge in [0.15, 0.2) is 5.96 Å². The van der Waals surface area contributed by atoms with Gasteiger partial charge in [0.2, 0.25) is 11.8 Å². The first-order chi connectivity index (χ1) is 20.1. The number of hydrogen-bond donors (Lipinski definition) is 4. The highest BCUT2D eigenvalue weighted by Gasteiger charge is 2.25. The summed E-state index contributed by atoms with van der Waals surface area (Å²) < 4.78 is 1.79. The lowest BCUT2D eigenvalue weighted by atomic mass is 10.1. The first kappa shape index (κ1) is 29.7. The summed E-state index contributed by atoms with van der Waals surface area (Å²) in [5, 5.41) is 2.74. The molecule has 0 saturated heterocycles.